The van der Waals surface area contributed by atoms with E-state index in [0.717, 1.165) is 32.7 Å². The predicted molar refractivity (Wildman–Crippen MR) is 84.4 cm³/mol. The minimum absolute atomic E-state index is 0.0195. The average molecular weight is 300 g/mol. The molecule has 0 aromatic heterocycles. The van der Waals surface area contributed by atoms with Crippen molar-refractivity contribution in [3.05, 3.63) is 0 Å². The van der Waals surface area contributed by atoms with Crippen molar-refractivity contribution in [2.75, 3.05) is 32.9 Å². The van der Waals surface area contributed by atoms with Crippen LogP contribution in [0.1, 0.15) is 48.0 Å². The summed E-state index contributed by atoms with van der Waals surface area (Å²) in [6.07, 6.45) is 0.730. The lowest BCUT2D eigenvalue weighted by Gasteiger charge is -2.43. The van der Waals surface area contributed by atoms with Crippen LogP contribution in [0.3, 0.4) is 0 Å². The van der Waals surface area contributed by atoms with Crippen molar-refractivity contribution in [1.29, 1.82) is 0 Å². The molecule has 1 atom stereocenters. The quantitative estimate of drug-likeness (QED) is 0.727. The van der Waals surface area contributed by atoms with Gasteiger partial charge in [0.05, 0.1) is 19.8 Å². The summed E-state index contributed by atoms with van der Waals surface area (Å²) in [5, 5.41) is 3.38. The first kappa shape index (κ1) is 18.4. The highest BCUT2D eigenvalue weighted by Crippen LogP contribution is 2.22. The van der Waals surface area contributed by atoms with Crippen LogP contribution in [0.4, 0.5) is 0 Å². The first-order valence-electron chi connectivity index (χ1n) is 7.99. The smallest absolute Gasteiger partial charge is 0.326 e. The molecule has 0 aromatic rings. The van der Waals surface area contributed by atoms with Gasteiger partial charge in [-0.3, -0.25) is 15.0 Å². The van der Waals surface area contributed by atoms with Crippen molar-refractivity contribution in [3.8, 4) is 0 Å². The molecule has 5 nitrogen and oxygen atoms in total. The molecule has 1 rings (SSSR count). The van der Waals surface area contributed by atoms with Gasteiger partial charge in [0.25, 0.3) is 0 Å². The predicted octanol–water partition coefficient (Wildman–Crippen LogP) is 1.81. The fourth-order valence-corrected chi connectivity index (χ4v) is 2.82. The van der Waals surface area contributed by atoms with E-state index in [2.05, 4.69) is 37.9 Å². The Labute approximate surface area is 129 Å². The molecule has 1 aliphatic heterocycles. The number of hydrogen-bond acceptors (Lipinski definition) is 5. The maximum absolute atomic E-state index is 12.3. The number of morpholine rings is 1. The molecule has 0 aliphatic carbocycles. The maximum Gasteiger partial charge on any atom is 0.326 e. The molecule has 1 aliphatic rings. The number of carbonyl (C=O) groups is 1. The zero-order valence-corrected chi connectivity index (χ0v) is 14.5. The van der Waals surface area contributed by atoms with E-state index >= 15 is 0 Å². The number of nitrogens with one attached hydrogen (secondary N) is 1. The second-order valence-corrected chi connectivity index (χ2v) is 6.95. The van der Waals surface area contributed by atoms with Gasteiger partial charge in [-0.1, -0.05) is 0 Å². The summed E-state index contributed by atoms with van der Waals surface area (Å²) < 4.78 is 10.8. The van der Waals surface area contributed by atoms with Crippen LogP contribution in [0, 0.1) is 0 Å². The lowest BCUT2D eigenvalue weighted by atomic mass is 9.94. The average Bonchev–Trinajstić information content (AvgIpc) is 2.36. The van der Waals surface area contributed by atoms with Gasteiger partial charge in [0.2, 0.25) is 0 Å². The normalized spacial score (nSPS) is 22.0. The third-order valence-electron chi connectivity index (χ3n) is 4.03. The number of nitrogens with zero attached hydrogens (tertiary/aromatic N) is 1. The van der Waals surface area contributed by atoms with E-state index in [-0.39, 0.29) is 17.6 Å². The number of hydrogen-bond donors (Lipinski definition) is 1. The van der Waals surface area contributed by atoms with Gasteiger partial charge >= 0.3 is 5.97 Å². The van der Waals surface area contributed by atoms with Gasteiger partial charge in [-0.15, -0.1) is 0 Å². The third kappa shape index (κ3) is 5.24. The summed E-state index contributed by atoms with van der Waals surface area (Å²) in [7, 11) is 0. The molecule has 1 N–H and O–H groups in total. The molecule has 124 valence electrons. The molecule has 0 bridgehead atoms. The molecule has 1 unspecified atom stereocenters. The van der Waals surface area contributed by atoms with E-state index in [1.54, 1.807) is 0 Å². The van der Waals surface area contributed by atoms with E-state index in [9.17, 15) is 4.79 Å². The zero-order chi connectivity index (χ0) is 16.1. The third-order valence-corrected chi connectivity index (χ3v) is 4.03. The Bertz CT molecular complexity index is 344. The Morgan fingerprint density at radius 2 is 2.14 bits per heavy atom. The lowest BCUT2D eigenvalue weighted by Crippen LogP contribution is -2.58. The highest BCUT2D eigenvalue weighted by molar-refractivity contribution is 5.80. The van der Waals surface area contributed by atoms with Crippen molar-refractivity contribution in [1.82, 2.24) is 10.2 Å². The summed E-state index contributed by atoms with van der Waals surface area (Å²) >= 11 is 0. The van der Waals surface area contributed by atoms with E-state index in [1.165, 1.54) is 0 Å². The minimum atomic E-state index is -0.640. The van der Waals surface area contributed by atoms with Crippen molar-refractivity contribution >= 4 is 5.97 Å². The van der Waals surface area contributed by atoms with Crippen molar-refractivity contribution in [2.45, 2.75) is 65.1 Å². The molecule has 0 radical (unpaired) electrons. The monoisotopic (exact) mass is 300 g/mol. The second-order valence-electron chi connectivity index (χ2n) is 6.95. The Balaban J connectivity index is 2.70. The summed E-state index contributed by atoms with van der Waals surface area (Å²) in [6, 6.07) is 0.233. The van der Waals surface area contributed by atoms with Gasteiger partial charge in [-0.2, -0.15) is 0 Å². The Morgan fingerprint density at radius 1 is 1.48 bits per heavy atom. The van der Waals surface area contributed by atoms with Gasteiger partial charge in [-0.05, 0) is 48.0 Å². The lowest BCUT2D eigenvalue weighted by molar-refractivity contribution is -0.151. The van der Waals surface area contributed by atoms with Crippen LogP contribution in [-0.2, 0) is 14.3 Å². The summed E-state index contributed by atoms with van der Waals surface area (Å²) in [4.78, 5) is 14.7. The van der Waals surface area contributed by atoms with E-state index in [0.29, 0.717) is 6.61 Å². The maximum atomic E-state index is 12.3. The van der Waals surface area contributed by atoms with Crippen LogP contribution >= 0.6 is 0 Å². The Morgan fingerprint density at radius 3 is 2.67 bits per heavy atom. The zero-order valence-electron chi connectivity index (χ0n) is 14.5. The van der Waals surface area contributed by atoms with Crippen LogP contribution in [0.15, 0.2) is 0 Å². The van der Waals surface area contributed by atoms with E-state index < -0.39 is 5.54 Å². The first-order chi connectivity index (χ1) is 9.71. The van der Waals surface area contributed by atoms with E-state index in [1.807, 2.05) is 13.8 Å². The molecule has 1 fully saturated rings. The van der Waals surface area contributed by atoms with Crippen molar-refractivity contribution in [2.24, 2.45) is 0 Å². The fraction of sp³-hybridized carbons (Fsp3) is 0.938. The largest absolute Gasteiger partial charge is 0.465 e. The highest BCUT2D eigenvalue weighted by Gasteiger charge is 2.38. The van der Waals surface area contributed by atoms with Crippen LogP contribution in [0.2, 0.25) is 0 Å². The first-order valence-corrected chi connectivity index (χ1v) is 7.99. The second kappa shape index (κ2) is 7.56. The Kier molecular flexibility index (Phi) is 6.63. The molecular weight excluding hydrogens is 268 g/mol. The SMILES string of the molecule is CCOC(=O)C(C)(CCN1CCOCC1(C)C)NC(C)C. The standard InChI is InChI=1S/C16H32N2O3/c1-7-21-14(19)16(6,17-13(2)3)8-9-18-10-11-20-12-15(18,4)5/h13,17H,7-12H2,1-6H3. The van der Waals surface area contributed by atoms with Gasteiger partial charge in [-0.25, -0.2) is 0 Å². The fourth-order valence-electron chi connectivity index (χ4n) is 2.82. The molecule has 1 saturated heterocycles. The molecule has 5 heteroatoms. The van der Waals surface area contributed by atoms with Crippen LogP contribution < -0.4 is 5.32 Å². The number of carbonyl (C=O) groups excluding carboxylic acids is 1. The molecule has 0 amide bonds. The number of ether oxygens (including phenoxy) is 2. The summed E-state index contributed by atoms with van der Waals surface area (Å²) in [6.45, 7) is 15.9. The molecule has 0 spiro atoms. The van der Waals surface area contributed by atoms with Crippen LogP contribution in [0.5, 0.6) is 0 Å². The highest BCUT2D eigenvalue weighted by atomic mass is 16.5. The van der Waals surface area contributed by atoms with Gasteiger partial charge < -0.3 is 9.47 Å². The molecule has 1 heterocycles. The number of esters is 1. The summed E-state index contributed by atoms with van der Waals surface area (Å²) in [5.41, 5.74) is -0.621. The topological polar surface area (TPSA) is 50.8 Å². The van der Waals surface area contributed by atoms with Gasteiger partial charge in [0.15, 0.2) is 0 Å². The summed E-state index contributed by atoms with van der Waals surface area (Å²) in [5.74, 6) is -0.162. The molecule has 0 saturated carbocycles. The van der Waals surface area contributed by atoms with Gasteiger partial charge in [0.1, 0.15) is 5.54 Å². The van der Waals surface area contributed by atoms with Gasteiger partial charge in [0, 0.05) is 24.7 Å². The Hall–Kier alpha value is -0.650. The van der Waals surface area contributed by atoms with Crippen LogP contribution in [-0.4, -0.2) is 60.9 Å². The molecular formula is C16H32N2O3. The molecule has 21 heavy (non-hydrogen) atoms. The number of rotatable bonds is 7. The minimum Gasteiger partial charge on any atom is -0.465 e. The van der Waals surface area contributed by atoms with E-state index in [4.69, 9.17) is 9.47 Å². The van der Waals surface area contributed by atoms with Crippen molar-refractivity contribution < 1.29 is 14.3 Å². The van der Waals surface area contributed by atoms with Crippen LogP contribution in [0.25, 0.3) is 0 Å². The van der Waals surface area contributed by atoms with Crippen molar-refractivity contribution in [3.63, 3.8) is 0 Å². The molecule has 0 aromatic carbocycles.